The largest absolute Gasteiger partial charge is 1.00 e. The van der Waals surface area contributed by atoms with E-state index in [4.69, 9.17) is 0 Å². The van der Waals surface area contributed by atoms with Crippen LogP contribution in [0.4, 0.5) is 5.69 Å². The van der Waals surface area contributed by atoms with Gasteiger partial charge in [0.25, 0.3) is 0 Å². The molecule has 1 aromatic rings. The van der Waals surface area contributed by atoms with Gasteiger partial charge in [-0.15, -0.1) is 6.07 Å². The van der Waals surface area contributed by atoms with Gasteiger partial charge in [-0.25, -0.2) is 0 Å². The van der Waals surface area contributed by atoms with Crippen LogP contribution >= 0.6 is 0 Å². The van der Waals surface area contributed by atoms with E-state index in [0.29, 0.717) is 0 Å². The fourth-order valence-electron chi connectivity index (χ4n) is 1.87. The predicted octanol–water partition coefficient (Wildman–Crippen LogP) is -1.38. The summed E-state index contributed by atoms with van der Waals surface area (Å²) in [5, 5.41) is 0. The van der Waals surface area contributed by atoms with E-state index in [-0.39, 0.29) is 51.4 Å². The first-order valence-electron chi connectivity index (χ1n) is 5.12. The summed E-state index contributed by atoms with van der Waals surface area (Å²) in [5.41, 5.74) is 2.43. The molecular weight excluding hydrogens is 211 g/mol. The van der Waals surface area contributed by atoms with E-state index in [2.05, 4.69) is 42.0 Å². The minimum Gasteiger partial charge on any atom is -0.420 e. The van der Waals surface area contributed by atoms with Gasteiger partial charge in [-0.1, -0.05) is 17.8 Å². The van der Waals surface area contributed by atoms with E-state index in [1.165, 1.54) is 5.69 Å². The number of para-hydroxylation sites is 1. The molecule has 76 valence electrons. The normalized spacial score (nSPS) is 17.3. The monoisotopic (exact) mass is 228 g/mol. The Labute approximate surface area is 135 Å². The Balaban J connectivity index is 0.00000112. The van der Waals surface area contributed by atoms with Crippen LogP contribution in [-0.2, 0) is 0 Å². The average Bonchev–Trinajstić information content (AvgIpc) is 2.20. The summed E-state index contributed by atoms with van der Waals surface area (Å²) >= 11 is 0. The molecule has 15 heavy (non-hydrogen) atoms. The van der Waals surface area contributed by atoms with Crippen LogP contribution in [-0.4, -0.2) is 38.1 Å². The van der Waals surface area contributed by atoms with Crippen LogP contribution in [0.25, 0.3) is 0 Å². The molecule has 3 heteroatoms. The molecule has 2 rings (SSSR count). The van der Waals surface area contributed by atoms with Crippen molar-refractivity contribution in [3.63, 3.8) is 0 Å². The van der Waals surface area contributed by atoms with Crippen molar-refractivity contribution in [3.8, 4) is 0 Å². The summed E-state index contributed by atoms with van der Waals surface area (Å²) < 4.78 is 0. The quantitative estimate of drug-likeness (QED) is 0.432. The Morgan fingerprint density at radius 1 is 1.07 bits per heavy atom. The van der Waals surface area contributed by atoms with Gasteiger partial charge in [-0.3, -0.25) is 0 Å². The molecule has 0 bridgehead atoms. The van der Waals surface area contributed by atoms with E-state index in [9.17, 15) is 0 Å². The van der Waals surface area contributed by atoms with Gasteiger partial charge in [0.2, 0.25) is 0 Å². The van der Waals surface area contributed by atoms with Crippen LogP contribution in [0.2, 0.25) is 0 Å². The second-order valence-corrected chi connectivity index (χ2v) is 3.92. The molecule has 2 nitrogen and oxygen atoms in total. The van der Waals surface area contributed by atoms with Crippen molar-refractivity contribution in [2.75, 3.05) is 38.1 Å². The molecule has 0 saturated carbocycles. The first kappa shape index (κ1) is 13.6. The van der Waals surface area contributed by atoms with Crippen molar-refractivity contribution >= 4 is 5.69 Å². The third kappa shape index (κ3) is 3.48. The molecule has 1 heterocycles. The molecule has 1 aliphatic rings. The van der Waals surface area contributed by atoms with Gasteiger partial charge in [0.15, 0.2) is 0 Å². The van der Waals surface area contributed by atoms with Crippen molar-refractivity contribution in [2.24, 2.45) is 0 Å². The molecule has 0 N–H and O–H groups in total. The molecule has 0 aromatic heterocycles. The van der Waals surface area contributed by atoms with Gasteiger partial charge in [-0.2, -0.15) is 18.6 Å². The Hall–Kier alpha value is 0.486. The third-order valence-corrected chi connectivity index (χ3v) is 2.84. The second-order valence-electron chi connectivity index (χ2n) is 3.92. The summed E-state index contributed by atoms with van der Waals surface area (Å²) in [6, 6.07) is 8.37. The molecule has 1 fully saturated rings. The molecule has 0 spiro atoms. The molecule has 1 saturated heterocycles. The third-order valence-electron chi connectivity index (χ3n) is 2.84. The molecular formula is C12H17KN2. The minimum atomic E-state index is 0. The van der Waals surface area contributed by atoms with Gasteiger partial charge in [-0.05, 0) is 7.05 Å². The number of nitrogens with zero attached hydrogens (tertiary/aromatic N) is 2. The maximum atomic E-state index is 4.06. The molecule has 0 aliphatic carbocycles. The summed E-state index contributed by atoms with van der Waals surface area (Å²) in [6.45, 7) is 8.58. The number of hydrogen-bond acceptors (Lipinski definition) is 2. The first-order chi connectivity index (χ1) is 6.77. The maximum Gasteiger partial charge on any atom is 1.00 e. The Morgan fingerprint density at radius 3 is 2.27 bits per heavy atom. The molecule has 1 aliphatic heterocycles. The first-order valence-corrected chi connectivity index (χ1v) is 5.12. The van der Waals surface area contributed by atoms with Crippen LogP contribution in [0.15, 0.2) is 24.3 Å². The van der Waals surface area contributed by atoms with Crippen LogP contribution < -0.4 is 56.3 Å². The average molecular weight is 228 g/mol. The predicted molar refractivity (Wildman–Crippen MR) is 60.6 cm³/mol. The Bertz CT molecular complexity index is 306. The molecule has 0 unspecified atom stereocenters. The van der Waals surface area contributed by atoms with Crippen LogP contribution in [0, 0.1) is 6.92 Å². The topological polar surface area (TPSA) is 6.48 Å². The maximum absolute atomic E-state index is 4.06. The summed E-state index contributed by atoms with van der Waals surface area (Å²) in [7, 11) is 2.17. The summed E-state index contributed by atoms with van der Waals surface area (Å²) in [6.07, 6.45) is 0. The van der Waals surface area contributed by atoms with Crippen LogP contribution in [0.5, 0.6) is 0 Å². The standard InChI is InChI=1S/C12H17N2.K/c1-11-5-3-4-6-12(11)14-9-7-13(2)8-10-14;/h3-6H,1,7-10H2,2H3;/q-1;+1. The van der Waals surface area contributed by atoms with Crippen molar-refractivity contribution in [3.05, 3.63) is 36.8 Å². The fourth-order valence-corrected chi connectivity index (χ4v) is 1.87. The van der Waals surface area contributed by atoms with E-state index in [1.807, 2.05) is 6.07 Å². The number of rotatable bonds is 1. The zero-order valence-corrected chi connectivity index (χ0v) is 12.9. The Kier molecular flexibility index (Phi) is 5.67. The fraction of sp³-hybridized carbons (Fsp3) is 0.417. The zero-order valence-electron chi connectivity index (χ0n) is 9.74. The second kappa shape index (κ2) is 6.28. The number of anilines is 1. The summed E-state index contributed by atoms with van der Waals surface area (Å²) in [4.78, 5) is 4.78. The number of piperazine rings is 1. The SMILES string of the molecule is [CH2-]c1ccccc1N1CCN(C)CC1.[K+]. The smallest absolute Gasteiger partial charge is 0.420 e. The Morgan fingerprint density at radius 2 is 1.67 bits per heavy atom. The van der Waals surface area contributed by atoms with Crippen molar-refractivity contribution in [1.82, 2.24) is 4.90 Å². The van der Waals surface area contributed by atoms with Crippen molar-refractivity contribution in [1.29, 1.82) is 0 Å². The van der Waals surface area contributed by atoms with E-state index in [0.717, 1.165) is 31.7 Å². The van der Waals surface area contributed by atoms with E-state index >= 15 is 0 Å². The van der Waals surface area contributed by atoms with Crippen LogP contribution in [0.1, 0.15) is 5.56 Å². The molecule has 0 radical (unpaired) electrons. The van der Waals surface area contributed by atoms with Crippen molar-refractivity contribution in [2.45, 2.75) is 0 Å². The van der Waals surface area contributed by atoms with Gasteiger partial charge in [0.1, 0.15) is 0 Å². The minimum absolute atomic E-state index is 0. The zero-order chi connectivity index (χ0) is 9.97. The number of benzene rings is 1. The summed E-state index contributed by atoms with van der Waals surface area (Å²) in [5.74, 6) is 0. The van der Waals surface area contributed by atoms with E-state index in [1.54, 1.807) is 0 Å². The number of likely N-dealkylation sites (N-methyl/N-ethyl adjacent to an activating group) is 1. The van der Waals surface area contributed by atoms with E-state index < -0.39 is 0 Å². The van der Waals surface area contributed by atoms with Crippen LogP contribution in [0.3, 0.4) is 0 Å². The van der Waals surface area contributed by atoms with Crippen molar-refractivity contribution < 1.29 is 51.4 Å². The van der Waals surface area contributed by atoms with Gasteiger partial charge in [0, 0.05) is 26.2 Å². The molecule has 0 atom stereocenters. The number of hydrogen-bond donors (Lipinski definition) is 0. The van der Waals surface area contributed by atoms with Gasteiger partial charge < -0.3 is 9.80 Å². The molecule has 1 aromatic carbocycles. The van der Waals surface area contributed by atoms with Gasteiger partial charge >= 0.3 is 51.4 Å². The van der Waals surface area contributed by atoms with Gasteiger partial charge in [0.05, 0.1) is 0 Å². The molecule has 0 amide bonds.